The zero-order chi connectivity index (χ0) is 27.2. The van der Waals surface area contributed by atoms with Crippen molar-refractivity contribution >= 4 is 57.9 Å². The largest absolute Gasteiger partial charge is 0.497 e. The van der Waals surface area contributed by atoms with Crippen LogP contribution in [0, 0.1) is 11.3 Å². The minimum Gasteiger partial charge on any atom is -0.497 e. The van der Waals surface area contributed by atoms with Gasteiger partial charge in [0.15, 0.2) is 5.82 Å². The minimum absolute atomic E-state index is 0.183. The number of benzene rings is 2. The number of aromatic nitrogens is 2. The maximum atomic E-state index is 11.9. The molecule has 0 saturated carbocycles. The molecule has 38 heavy (non-hydrogen) atoms. The van der Waals surface area contributed by atoms with E-state index in [4.69, 9.17) is 22.1 Å². The highest BCUT2D eigenvalue weighted by atomic mass is 35.5. The van der Waals surface area contributed by atoms with Crippen LogP contribution in [0.5, 0.6) is 5.75 Å². The van der Waals surface area contributed by atoms with E-state index in [0.29, 0.717) is 41.3 Å². The summed E-state index contributed by atoms with van der Waals surface area (Å²) in [4.78, 5) is 34.3. The Kier molecular flexibility index (Phi) is 7.94. The van der Waals surface area contributed by atoms with Gasteiger partial charge in [-0.05, 0) is 49.2 Å². The summed E-state index contributed by atoms with van der Waals surface area (Å²) in [5, 5.41) is 18.9. The van der Waals surface area contributed by atoms with Crippen LogP contribution >= 0.6 is 11.6 Å². The maximum Gasteiger partial charge on any atom is 0.247 e. The molecule has 1 aliphatic heterocycles. The molecule has 1 atom stereocenters. The molecule has 2 heterocycles. The molecular formula is C26H25ClN8O3. The standard InChI is InChI=1S/C26H25ClN8O3/c1-3-23(36)31-21-12-17(38-2)7-9-20(21)32-25-18(27)14-30-26(34-25)33-19-8-6-16(11-15(19)13-28)35-10-4-5-22(35)24(29)37/h3,6-9,11-12,14,22H,1,4-5,10H2,2H3,(H2,29,37)(H,31,36)(H2,30,32,33,34)/t22-/m1/s1. The van der Waals surface area contributed by atoms with E-state index in [0.717, 1.165) is 18.2 Å². The minimum atomic E-state index is -0.402. The van der Waals surface area contributed by atoms with Crippen molar-refractivity contribution in [3.63, 3.8) is 0 Å². The van der Waals surface area contributed by atoms with Crippen LogP contribution in [0.1, 0.15) is 18.4 Å². The monoisotopic (exact) mass is 532 g/mol. The van der Waals surface area contributed by atoms with E-state index < -0.39 is 11.9 Å². The van der Waals surface area contributed by atoms with Crippen LogP contribution in [0.4, 0.5) is 34.5 Å². The first kappa shape index (κ1) is 26.2. The van der Waals surface area contributed by atoms with E-state index >= 15 is 0 Å². The number of nitriles is 1. The zero-order valence-electron chi connectivity index (χ0n) is 20.5. The molecule has 0 bridgehead atoms. The normalized spacial score (nSPS) is 14.3. The summed E-state index contributed by atoms with van der Waals surface area (Å²) < 4.78 is 5.25. The number of amides is 2. The van der Waals surface area contributed by atoms with Gasteiger partial charge in [-0.1, -0.05) is 18.2 Å². The second-order valence-corrected chi connectivity index (χ2v) is 8.75. The van der Waals surface area contributed by atoms with E-state index in [9.17, 15) is 14.9 Å². The number of hydrogen-bond donors (Lipinski definition) is 4. The molecule has 0 unspecified atom stereocenters. The molecule has 3 aromatic rings. The molecule has 5 N–H and O–H groups in total. The van der Waals surface area contributed by atoms with E-state index in [1.807, 2.05) is 11.0 Å². The Labute approximate surface area is 224 Å². The number of nitrogens with two attached hydrogens (primary N) is 1. The fourth-order valence-corrected chi connectivity index (χ4v) is 4.23. The molecule has 12 heteroatoms. The Morgan fingerprint density at radius 3 is 2.74 bits per heavy atom. The number of carbonyl (C=O) groups excluding carboxylic acids is 2. The van der Waals surface area contributed by atoms with Gasteiger partial charge in [-0.3, -0.25) is 9.59 Å². The Morgan fingerprint density at radius 1 is 1.24 bits per heavy atom. The number of carbonyl (C=O) groups is 2. The first-order valence-corrected chi connectivity index (χ1v) is 12.0. The predicted molar refractivity (Wildman–Crippen MR) is 146 cm³/mol. The van der Waals surface area contributed by atoms with Crippen LogP contribution in [0.15, 0.2) is 55.3 Å². The van der Waals surface area contributed by atoms with Crippen LogP contribution in [-0.4, -0.2) is 41.5 Å². The molecule has 0 spiro atoms. The molecule has 1 fully saturated rings. The first-order valence-electron chi connectivity index (χ1n) is 11.6. The molecule has 11 nitrogen and oxygen atoms in total. The number of ether oxygens (including phenoxy) is 1. The first-order chi connectivity index (χ1) is 18.3. The van der Waals surface area contributed by atoms with Gasteiger partial charge in [0.05, 0.1) is 35.9 Å². The average Bonchev–Trinajstić information content (AvgIpc) is 3.42. The van der Waals surface area contributed by atoms with Crippen LogP contribution in [0.25, 0.3) is 0 Å². The van der Waals surface area contributed by atoms with Crippen molar-refractivity contribution in [3.8, 4) is 11.8 Å². The zero-order valence-corrected chi connectivity index (χ0v) is 21.2. The van der Waals surface area contributed by atoms with Gasteiger partial charge in [0, 0.05) is 18.3 Å². The molecule has 0 radical (unpaired) electrons. The molecular weight excluding hydrogens is 508 g/mol. The lowest BCUT2D eigenvalue weighted by molar-refractivity contribution is -0.119. The molecule has 0 aliphatic carbocycles. The number of halogens is 1. The number of nitrogens with one attached hydrogen (secondary N) is 3. The lowest BCUT2D eigenvalue weighted by Gasteiger charge is -2.25. The molecule has 2 aromatic carbocycles. The third-order valence-electron chi connectivity index (χ3n) is 5.95. The lowest BCUT2D eigenvalue weighted by atomic mass is 10.1. The van der Waals surface area contributed by atoms with Gasteiger partial charge in [-0.2, -0.15) is 10.2 Å². The van der Waals surface area contributed by atoms with Crippen molar-refractivity contribution in [2.24, 2.45) is 5.73 Å². The Hall–Kier alpha value is -4.82. The summed E-state index contributed by atoms with van der Waals surface area (Å²) >= 11 is 6.35. The van der Waals surface area contributed by atoms with Crippen LogP contribution < -0.4 is 31.3 Å². The van der Waals surface area contributed by atoms with E-state index in [-0.39, 0.29) is 22.7 Å². The Morgan fingerprint density at radius 2 is 2.03 bits per heavy atom. The Bertz CT molecular complexity index is 1440. The summed E-state index contributed by atoms with van der Waals surface area (Å²) in [6.07, 6.45) is 4.08. The second-order valence-electron chi connectivity index (χ2n) is 8.34. The number of methoxy groups -OCH3 is 1. The van der Waals surface area contributed by atoms with E-state index in [1.165, 1.54) is 13.3 Å². The van der Waals surface area contributed by atoms with Crippen molar-refractivity contribution in [2.75, 3.05) is 34.5 Å². The number of anilines is 6. The third kappa shape index (κ3) is 5.77. The molecule has 1 saturated heterocycles. The number of rotatable bonds is 9. The van der Waals surface area contributed by atoms with Crippen molar-refractivity contribution < 1.29 is 14.3 Å². The van der Waals surface area contributed by atoms with Gasteiger partial charge < -0.3 is 31.3 Å². The van der Waals surface area contributed by atoms with Crippen LogP contribution in [0.3, 0.4) is 0 Å². The third-order valence-corrected chi connectivity index (χ3v) is 6.23. The van der Waals surface area contributed by atoms with Crippen molar-refractivity contribution in [1.29, 1.82) is 5.26 Å². The van der Waals surface area contributed by atoms with Crippen LogP contribution in [-0.2, 0) is 9.59 Å². The SMILES string of the molecule is C=CC(=O)Nc1cc(OC)ccc1Nc1nc(Nc2ccc(N3CCC[C@@H]3C(N)=O)cc2C#N)ncc1Cl. The highest BCUT2D eigenvalue weighted by molar-refractivity contribution is 6.33. The summed E-state index contributed by atoms with van der Waals surface area (Å²) in [6.45, 7) is 4.15. The van der Waals surface area contributed by atoms with Gasteiger partial charge in [0.2, 0.25) is 17.8 Å². The summed E-state index contributed by atoms with van der Waals surface area (Å²) in [5.41, 5.74) is 8.03. The summed E-state index contributed by atoms with van der Waals surface area (Å²) in [5.74, 6) is 0.194. The number of nitrogens with zero attached hydrogens (tertiary/aromatic N) is 4. The fraction of sp³-hybridized carbons (Fsp3) is 0.192. The molecule has 1 aromatic heterocycles. The van der Waals surface area contributed by atoms with Crippen LogP contribution in [0.2, 0.25) is 5.02 Å². The smallest absolute Gasteiger partial charge is 0.247 e. The maximum absolute atomic E-state index is 11.9. The van der Waals surface area contributed by atoms with Crippen molar-refractivity contribution in [1.82, 2.24) is 9.97 Å². The number of hydrogen-bond acceptors (Lipinski definition) is 9. The lowest BCUT2D eigenvalue weighted by Crippen LogP contribution is -2.40. The molecule has 4 rings (SSSR count). The second kappa shape index (κ2) is 11.5. The van der Waals surface area contributed by atoms with Crippen molar-refractivity contribution in [2.45, 2.75) is 18.9 Å². The van der Waals surface area contributed by atoms with E-state index in [1.54, 1.807) is 30.3 Å². The quantitative estimate of drug-likeness (QED) is 0.298. The molecule has 1 aliphatic rings. The molecule has 194 valence electrons. The highest BCUT2D eigenvalue weighted by Gasteiger charge is 2.29. The summed E-state index contributed by atoms with van der Waals surface area (Å²) in [7, 11) is 1.52. The molecule has 2 amide bonds. The van der Waals surface area contributed by atoms with Crippen molar-refractivity contribution in [3.05, 3.63) is 65.8 Å². The average molecular weight is 533 g/mol. The van der Waals surface area contributed by atoms with E-state index in [2.05, 4.69) is 38.6 Å². The van der Waals surface area contributed by atoms with Gasteiger partial charge >= 0.3 is 0 Å². The van der Waals surface area contributed by atoms with Gasteiger partial charge in [-0.15, -0.1) is 0 Å². The summed E-state index contributed by atoms with van der Waals surface area (Å²) in [6, 6.07) is 12.1. The van der Waals surface area contributed by atoms with Gasteiger partial charge in [0.1, 0.15) is 22.9 Å². The number of primary amides is 1. The highest BCUT2D eigenvalue weighted by Crippen LogP contribution is 2.33. The Balaban J connectivity index is 1.59. The predicted octanol–water partition coefficient (Wildman–Crippen LogP) is 4.08. The van der Waals surface area contributed by atoms with Gasteiger partial charge in [0.25, 0.3) is 0 Å². The topological polar surface area (TPSA) is 158 Å². The van der Waals surface area contributed by atoms with Gasteiger partial charge in [-0.25, -0.2) is 4.98 Å². The fourth-order valence-electron chi connectivity index (χ4n) is 4.09.